The first-order valence-corrected chi connectivity index (χ1v) is 5.86. The van der Waals surface area contributed by atoms with Crippen LogP contribution >= 0.6 is 0 Å². The minimum atomic E-state index is -0.676. The van der Waals surface area contributed by atoms with Gasteiger partial charge in [0.2, 0.25) is 0 Å². The average Bonchev–Trinajstić information content (AvgIpc) is 2.31. The number of hydrogen-bond acceptors (Lipinski definition) is 3. The molecule has 1 rings (SSSR count). The van der Waals surface area contributed by atoms with Crippen molar-refractivity contribution in [1.82, 2.24) is 5.32 Å². The first kappa shape index (κ1) is 14.9. The minimum absolute atomic E-state index is 0.302. The Labute approximate surface area is 106 Å². The van der Waals surface area contributed by atoms with Crippen molar-refractivity contribution in [1.29, 1.82) is 0 Å². The van der Waals surface area contributed by atoms with Crippen LogP contribution < -0.4 is 10.1 Å². The molecule has 18 heavy (non-hydrogen) atoms. The van der Waals surface area contributed by atoms with Crippen LogP contribution in [0.2, 0.25) is 0 Å². The van der Waals surface area contributed by atoms with Gasteiger partial charge in [0.25, 0.3) is 0 Å². The van der Waals surface area contributed by atoms with Gasteiger partial charge in [0.05, 0.1) is 6.10 Å². The van der Waals surface area contributed by atoms with Crippen molar-refractivity contribution in [2.24, 2.45) is 0 Å². The Bertz CT molecular complexity index is 362. The van der Waals surface area contributed by atoms with Crippen LogP contribution in [0, 0.1) is 11.6 Å². The zero-order chi connectivity index (χ0) is 13.5. The van der Waals surface area contributed by atoms with Gasteiger partial charge in [-0.05, 0) is 31.7 Å². The van der Waals surface area contributed by atoms with Crippen molar-refractivity contribution < 1.29 is 18.3 Å². The molecular weight excluding hydrogens is 240 g/mol. The highest BCUT2D eigenvalue weighted by atomic mass is 19.1. The van der Waals surface area contributed by atoms with Gasteiger partial charge in [0, 0.05) is 26.7 Å². The fourth-order valence-corrected chi connectivity index (χ4v) is 1.58. The monoisotopic (exact) mass is 259 g/mol. The molecule has 0 radical (unpaired) electrons. The van der Waals surface area contributed by atoms with Gasteiger partial charge in [-0.15, -0.1) is 0 Å². The van der Waals surface area contributed by atoms with Crippen molar-refractivity contribution in [2.45, 2.75) is 26.0 Å². The summed E-state index contributed by atoms with van der Waals surface area (Å²) in [7, 11) is 3.29. The van der Waals surface area contributed by atoms with Crippen molar-refractivity contribution in [3.63, 3.8) is 0 Å². The van der Waals surface area contributed by atoms with Crippen LogP contribution in [0.5, 0.6) is 5.75 Å². The molecule has 1 aromatic carbocycles. The molecule has 1 N–H and O–H groups in total. The van der Waals surface area contributed by atoms with Crippen LogP contribution in [-0.4, -0.2) is 26.9 Å². The molecule has 1 aromatic rings. The third-order valence-electron chi connectivity index (χ3n) is 2.49. The van der Waals surface area contributed by atoms with E-state index in [0.717, 1.165) is 0 Å². The maximum absolute atomic E-state index is 13.7. The van der Waals surface area contributed by atoms with E-state index in [4.69, 9.17) is 9.47 Å². The minimum Gasteiger partial charge on any atom is -0.485 e. The van der Waals surface area contributed by atoms with Gasteiger partial charge in [-0.2, -0.15) is 0 Å². The standard InChI is InChI=1S/C13H19F2NO2/c1-9(4-5-17-3)18-13-11(14)6-10(8-16-2)7-12(13)15/h6-7,9,16H,4-5,8H2,1-3H3. The molecule has 0 aliphatic heterocycles. The Kier molecular flexibility index (Phi) is 6.01. The lowest BCUT2D eigenvalue weighted by molar-refractivity contribution is 0.128. The summed E-state index contributed by atoms with van der Waals surface area (Å²) in [5.74, 6) is -1.67. The van der Waals surface area contributed by atoms with Crippen LogP contribution in [0.4, 0.5) is 8.78 Å². The van der Waals surface area contributed by atoms with Crippen LogP contribution in [0.25, 0.3) is 0 Å². The first-order valence-electron chi connectivity index (χ1n) is 5.86. The van der Waals surface area contributed by atoms with E-state index >= 15 is 0 Å². The number of methoxy groups -OCH3 is 1. The predicted molar refractivity (Wildman–Crippen MR) is 65.7 cm³/mol. The fraction of sp³-hybridized carbons (Fsp3) is 0.538. The number of nitrogens with one attached hydrogen (secondary N) is 1. The van der Waals surface area contributed by atoms with Gasteiger partial charge >= 0.3 is 0 Å². The highest BCUT2D eigenvalue weighted by Gasteiger charge is 2.15. The normalized spacial score (nSPS) is 12.5. The second kappa shape index (κ2) is 7.28. The summed E-state index contributed by atoms with van der Waals surface area (Å²) in [5, 5.41) is 2.84. The second-order valence-electron chi connectivity index (χ2n) is 4.13. The van der Waals surface area contributed by atoms with E-state index in [-0.39, 0.29) is 11.9 Å². The van der Waals surface area contributed by atoms with Crippen LogP contribution in [0.3, 0.4) is 0 Å². The van der Waals surface area contributed by atoms with Gasteiger partial charge in [-0.1, -0.05) is 0 Å². The topological polar surface area (TPSA) is 30.5 Å². The molecule has 5 heteroatoms. The molecule has 0 bridgehead atoms. The number of rotatable bonds is 7. The summed E-state index contributed by atoms with van der Waals surface area (Å²) >= 11 is 0. The molecule has 3 nitrogen and oxygen atoms in total. The molecule has 0 spiro atoms. The number of halogens is 2. The smallest absolute Gasteiger partial charge is 0.191 e. The average molecular weight is 259 g/mol. The van der Waals surface area contributed by atoms with E-state index < -0.39 is 11.6 Å². The summed E-state index contributed by atoms with van der Waals surface area (Å²) in [6, 6.07) is 2.55. The van der Waals surface area contributed by atoms with Crippen molar-refractivity contribution >= 4 is 0 Å². The van der Waals surface area contributed by atoms with E-state index in [1.165, 1.54) is 12.1 Å². The lowest BCUT2D eigenvalue weighted by Gasteiger charge is -2.16. The summed E-state index contributed by atoms with van der Waals surface area (Å²) in [6.45, 7) is 2.65. The fourth-order valence-electron chi connectivity index (χ4n) is 1.58. The lowest BCUT2D eigenvalue weighted by Crippen LogP contribution is -2.16. The highest BCUT2D eigenvalue weighted by Crippen LogP contribution is 2.24. The zero-order valence-corrected chi connectivity index (χ0v) is 10.9. The molecule has 0 heterocycles. The Morgan fingerprint density at radius 2 is 1.89 bits per heavy atom. The van der Waals surface area contributed by atoms with Crippen molar-refractivity contribution in [3.05, 3.63) is 29.3 Å². The number of ether oxygens (including phenoxy) is 2. The Morgan fingerprint density at radius 3 is 2.39 bits per heavy atom. The molecule has 0 amide bonds. The third-order valence-corrected chi connectivity index (χ3v) is 2.49. The molecule has 0 fully saturated rings. The Balaban J connectivity index is 2.76. The summed E-state index contributed by atoms with van der Waals surface area (Å²) < 4.78 is 37.5. The van der Waals surface area contributed by atoms with Gasteiger partial charge in [0.15, 0.2) is 17.4 Å². The summed E-state index contributed by atoms with van der Waals surface area (Å²) in [4.78, 5) is 0. The lowest BCUT2D eigenvalue weighted by atomic mass is 10.2. The van der Waals surface area contributed by atoms with E-state index in [0.29, 0.717) is 25.1 Å². The molecular formula is C13H19F2NO2. The largest absolute Gasteiger partial charge is 0.485 e. The SMILES string of the molecule is CNCc1cc(F)c(OC(C)CCOC)c(F)c1. The van der Waals surface area contributed by atoms with Gasteiger partial charge in [-0.3, -0.25) is 0 Å². The Hall–Kier alpha value is -1.20. The quantitative estimate of drug-likeness (QED) is 0.816. The third kappa shape index (κ3) is 4.23. The zero-order valence-electron chi connectivity index (χ0n) is 10.9. The molecule has 0 saturated carbocycles. The van der Waals surface area contributed by atoms with E-state index in [1.54, 1.807) is 21.1 Å². The number of hydrogen-bond donors (Lipinski definition) is 1. The number of benzene rings is 1. The van der Waals surface area contributed by atoms with Crippen molar-refractivity contribution in [2.75, 3.05) is 20.8 Å². The van der Waals surface area contributed by atoms with E-state index in [9.17, 15) is 8.78 Å². The molecule has 0 aromatic heterocycles. The van der Waals surface area contributed by atoms with Gasteiger partial charge < -0.3 is 14.8 Å². The summed E-state index contributed by atoms with van der Waals surface area (Å²) in [6.07, 6.45) is 0.275. The molecule has 0 aliphatic carbocycles. The van der Waals surface area contributed by atoms with Crippen LogP contribution in [0.15, 0.2) is 12.1 Å². The molecule has 1 unspecified atom stereocenters. The van der Waals surface area contributed by atoms with Gasteiger partial charge in [0.1, 0.15) is 0 Å². The second-order valence-corrected chi connectivity index (χ2v) is 4.13. The molecule has 102 valence electrons. The van der Waals surface area contributed by atoms with Gasteiger partial charge in [-0.25, -0.2) is 8.78 Å². The molecule has 0 saturated heterocycles. The maximum atomic E-state index is 13.7. The highest BCUT2D eigenvalue weighted by molar-refractivity contribution is 5.31. The first-order chi connectivity index (χ1) is 8.58. The van der Waals surface area contributed by atoms with E-state index in [2.05, 4.69) is 5.32 Å². The van der Waals surface area contributed by atoms with Crippen LogP contribution in [0.1, 0.15) is 18.9 Å². The maximum Gasteiger partial charge on any atom is 0.191 e. The Morgan fingerprint density at radius 1 is 1.28 bits per heavy atom. The molecule has 0 aliphatic rings. The van der Waals surface area contributed by atoms with Crippen LogP contribution in [-0.2, 0) is 11.3 Å². The van der Waals surface area contributed by atoms with Crippen molar-refractivity contribution in [3.8, 4) is 5.75 Å². The van der Waals surface area contributed by atoms with E-state index in [1.807, 2.05) is 0 Å². The molecule has 1 atom stereocenters. The predicted octanol–water partition coefficient (Wildman–Crippen LogP) is 2.49. The summed E-state index contributed by atoms with van der Waals surface area (Å²) in [5.41, 5.74) is 0.546.